The molecule has 0 bridgehead atoms. The molecule has 4 heteroatoms. The maximum absolute atomic E-state index is 11.5. The summed E-state index contributed by atoms with van der Waals surface area (Å²) in [5, 5.41) is 0. The molecule has 1 aliphatic heterocycles. The van der Waals surface area contributed by atoms with E-state index in [1.807, 2.05) is 6.07 Å². The number of fused-ring (bicyclic) bond motifs is 1. The average Bonchev–Trinajstić information content (AvgIpc) is 3.07. The number of halogens is 1. The van der Waals surface area contributed by atoms with Gasteiger partial charge in [-0.2, -0.15) is 0 Å². The summed E-state index contributed by atoms with van der Waals surface area (Å²) in [6, 6.07) is 3.59. The molecule has 1 aliphatic carbocycles. The zero-order valence-corrected chi connectivity index (χ0v) is 11.2. The van der Waals surface area contributed by atoms with Crippen molar-refractivity contribution in [2.75, 3.05) is 13.2 Å². The lowest BCUT2D eigenvalue weighted by Crippen LogP contribution is -2.17. The standard InChI is InChI=1S/C13H13BrO3/c1-8(15)9-4-11-12(5-10(9)14)17-7-13(2-3-13)6-16-11/h4-5H,2-3,6-7H2,1H3. The van der Waals surface area contributed by atoms with Crippen molar-refractivity contribution in [1.29, 1.82) is 0 Å². The normalized spacial score (nSPS) is 19.9. The van der Waals surface area contributed by atoms with E-state index < -0.39 is 0 Å². The number of carbonyl (C=O) groups excluding carboxylic acids is 1. The zero-order chi connectivity index (χ0) is 12.0. The molecule has 2 aliphatic rings. The van der Waals surface area contributed by atoms with E-state index >= 15 is 0 Å². The Morgan fingerprint density at radius 1 is 1.24 bits per heavy atom. The van der Waals surface area contributed by atoms with Gasteiger partial charge in [0, 0.05) is 15.5 Å². The summed E-state index contributed by atoms with van der Waals surface area (Å²) >= 11 is 3.39. The third kappa shape index (κ3) is 1.95. The first-order chi connectivity index (χ1) is 8.10. The molecule has 0 radical (unpaired) electrons. The van der Waals surface area contributed by atoms with E-state index in [0.717, 1.165) is 10.2 Å². The number of rotatable bonds is 1. The van der Waals surface area contributed by atoms with Crippen LogP contribution < -0.4 is 9.47 Å². The van der Waals surface area contributed by atoms with E-state index in [4.69, 9.17) is 9.47 Å². The van der Waals surface area contributed by atoms with Crippen LogP contribution in [0.4, 0.5) is 0 Å². The molecule has 0 unspecified atom stereocenters. The van der Waals surface area contributed by atoms with Gasteiger partial charge in [0.2, 0.25) is 0 Å². The molecular formula is C13H13BrO3. The SMILES string of the molecule is CC(=O)c1cc2c(cc1Br)OCC1(CC1)CO2. The van der Waals surface area contributed by atoms with Gasteiger partial charge in [0.25, 0.3) is 0 Å². The van der Waals surface area contributed by atoms with Crippen LogP contribution in [0.2, 0.25) is 0 Å². The minimum Gasteiger partial charge on any atom is -0.489 e. The topological polar surface area (TPSA) is 35.5 Å². The summed E-state index contributed by atoms with van der Waals surface area (Å²) in [4.78, 5) is 11.5. The lowest BCUT2D eigenvalue weighted by atomic mass is 10.1. The van der Waals surface area contributed by atoms with E-state index in [9.17, 15) is 4.79 Å². The van der Waals surface area contributed by atoms with Crippen LogP contribution >= 0.6 is 15.9 Å². The zero-order valence-electron chi connectivity index (χ0n) is 9.59. The maximum Gasteiger partial charge on any atom is 0.162 e. The van der Waals surface area contributed by atoms with Gasteiger partial charge in [-0.1, -0.05) is 0 Å². The van der Waals surface area contributed by atoms with Crippen molar-refractivity contribution < 1.29 is 14.3 Å². The molecule has 1 heterocycles. The Hall–Kier alpha value is -1.03. The van der Waals surface area contributed by atoms with E-state index in [1.165, 1.54) is 12.8 Å². The lowest BCUT2D eigenvalue weighted by Gasteiger charge is -2.09. The van der Waals surface area contributed by atoms with E-state index in [0.29, 0.717) is 24.5 Å². The minimum atomic E-state index is 0.0219. The van der Waals surface area contributed by atoms with Crippen molar-refractivity contribution >= 4 is 21.7 Å². The molecule has 1 fully saturated rings. The fourth-order valence-electron chi connectivity index (χ4n) is 2.00. The molecule has 0 aromatic heterocycles. The summed E-state index contributed by atoms with van der Waals surface area (Å²) < 4.78 is 12.3. The predicted molar refractivity (Wildman–Crippen MR) is 66.8 cm³/mol. The quantitative estimate of drug-likeness (QED) is 0.747. The average molecular weight is 297 g/mol. The van der Waals surface area contributed by atoms with Gasteiger partial charge < -0.3 is 9.47 Å². The Balaban J connectivity index is 1.98. The van der Waals surface area contributed by atoms with Crippen LogP contribution in [0.25, 0.3) is 0 Å². The Labute approximate surface area is 108 Å². The molecule has 1 spiro atoms. The highest BCUT2D eigenvalue weighted by Crippen LogP contribution is 2.49. The number of ketones is 1. The van der Waals surface area contributed by atoms with Crippen LogP contribution in [-0.4, -0.2) is 19.0 Å². The summed E-state index contributed by atoms with van der Waals surface area (Å²) in [6.07, 6.45) is 2.34. The highest BCUT2D eigenvalue weighted by Gasteiger charge is 2.46. The molecule has 3 rings (SSSR count). The number of Topliss-reactive ketones (excluding diaryl/α,β-unsaturated/α-hetero) is 1. The van der Waals surface area contributed by atoms with Crippen molar-refractivity contribution in [1.82, 2.24) is 0 Å². The van der Waals surface area contributed by atoms with Crippen LogP contribution in [-0.2, 0) is 0 Å². The van der Waals surface area contributed by atoms with Gasteiger partial charge >= 0.3 is 0 Å². The molecule has 3 nitrogen and oxygen atoms in total. The number of carbonyl (C=O) groups is 1. The second-order valence-corrected chi connectivity index (χ2v) is 5.77. The first kappa shape index (κ1) is 11.1. The molecule has 0 atom stereocenters. The molecule has 1 saturated carbocycles. The highest BCUT2D eigenvalue weighted by atomic mass is 79.9. The van der Waals surface area contributed by atoms with E-state index in [-0.39, 0.29) is 11.2 Å². The summed E-state index contributed by atoms with van der Waals surface area (Å²) in [5.41, 5.74) is 0.862. The summed E-state index contributed by atoms with van der Waals surface area (Å²) in [6.45, 7) is 2.96. The molecule has 17 heavy (non-hydrogen) atoms. The first-order valence-electron chi connectivity index (χ1n) is 5.70. The van der Waals surface area contributed by atoms with Crippen LogP contribution in [0.15, 0.2) is 16.6 Å². The fraction of sp³-hybridized carbons (Fsp3) is 0.462. The van der Waals surface area contributed by atoms with Gasteiger partial charge in [0.15, 0.2) is 17.3 Å². The van der Waals surface area contributed by atoms with Gasteiger partial charge in [0.05, 0.1) is 13.2 Å². The number of hydrogen-bond donors (Lipinski definition) is 0. The Morgan fingerprint density at radius 3 is 2.35 bits per heavy atom. The number of hydrogen-bond acceptors (Lipinski definition) is 3. The third-order valence-electron chi connectivity index (χ3n) is 3.44. The second-order valence-electron chi connectivity index (χ2n) is 4.91. The number of benzene rings is 1. The summed E-state index contributed by atoms with van der Waals surface area (Å²) in [5.74, 6) is 1.43. The van der Waals surface area contributed by atoms with E-state index in [1.54, 1.807) is 13.0 Å². The molecule has 0 amide bonds. The highest BCUT2D eigenvalue weighted by molar-refractivity contribution is 9.10. The number of ether oxygens (including phenoxy) is 2. The van der Waals surface area contributed by atoms with Crippen LogP contribution in [0.1, 0.15) is 30.1 Å². The fourth-order valence-corrected chi connectivity index (χ4v) is 2.60. The molecule has 1 aromatic carbocycles. The Morgan fingerprint density at radius 2 is 1.82 bits per heavy atom. The molecular weight excluding hydrogens is 284 g/mol. The first-order valence-corrected chi connectivity index (χ1v) is 6.49. The van der Waals surface area contributed by atoms with Crippen molar-refractivity contribution in [3.05, 3.63) is 22.2 Å². The van der Waals surface area contributed by atoms with Gasteiger partial charge in [-0.05, 0) is 47.8 Å². The Kier molecular flexibility index (Phi) is 2.43. The summed E-state index contributed by atoms with van der Waals surface area (Å²) in [7, 11) is 0. The predicted octanol–water partition coefficient (Wildman–Crippen LogP) is 3.20. The third-order valence-corrected chi connectivity index (χ3v) is 4.09. The van der Waals surface area contributed by atoms with Gasteiger partial charge in [-0.15, -0.1) is 0 Å². The van der Waals surface area contributed by atoms with Crippen LogP contribution in [0, 0.1) is 5.41 Å². The monoisotopic (exact) mass is 296 g/mol. The van der Waals surface area contributed by atoms with Gasteiger partial charge in [-0.25, -0.2) is 0 Å². The molecule has 0 saturated heterocycles. The van der Waals surface area contributed by atoms with Crippen molar-refractivity contribution in [3.63, 3.8) is 0 Å². The smallest absolute Gasteiger partial charge is 0.162 e. The van der Waals surface area contributed by atoms with Crippen molar-refractivity contribution in [2.24, 2.45) is 5.41 Å². The Bertz CT molecular complexity index is 492. The van der Waals surface area contributed by atoms with Gasteiger partial charge in [-0.3, -0.25) is 4.79 Å². The maximum atomic E-state index is 11.5. The second kappa shape index (κ2) is 3.73. The molecule has 0 N–H and O–H groups in total. The lowest BCUT2D eigenvalue weighted by molar-refractivity contribution is 0.101. The van der Waals surface area contributed by atoms with Crippen LogP contribution in [0.3, 0.4) is 0 Å². The van der Waals surface area contributed by atoms with Gasteiger partial charge in [0.1, 0.15) is 0 Å². The van der Waals surface area contributed by atoms with E-state index in [2.05, 4.69) is 15.9 Å². The minimum absolute atomic E-state index is 0.0219. The largest absolute Gasteiger partial charge is 0.489 e. The molecule has 90 valence electrons. The van der Waals surface area contributed by atoms with Crippen molar-refractivity contribution in [3.8, 4) is 11.5 Å². The van der Waals surface area contributed by atoms with Crippen LogP contribution in [0.5, 0.6) is 11.5 Å². The molecule has 1 aromatic rings. The van der Waals surface area contributed by atoms with Crippen molar-refractivity contribution in [2.45, 2.75) is 19.8 Å².